The molecule has 1 aromatic heterocycles. The summed E-state index contributed by atoms with van der Waals surface area (Å²) in [6.45, 7) is 1.68. The largest absolute Gasteiger partial charge is 0.508 e. The van der Waals surface area contributed by atoms with Crippen molar-refractivity contribution in [2.45, 2.75) is 6.92 Å². The van der Waals surface area contributed by atoms with Crippen molar-refractivity contribution in [1.29, 1.82) is 0 Å². The maximum atomic E-state index is 12.3. The molecule has 0 fully saturated rings. The van der Waals surface area contributed by atoms with Crippen LogP contribution in [0.1, 0.15) is 5.56 Å². The SMILES string of the molecule is Cc1c(O)ccc2c(=O)c3c(O)cccc3oc12. The summed E-state index contributed by atoms with van der Waals surface area (Å²) in [7, 11) is 0. The third kappa shape index (κ3) is 1.29. The number of fused-ring (bicyclic) bond motifs is 2. The van der Waals surface area contributed by atoms with Gasteiger partial charge in [-0.1, -0.05) is 6.07 Å². The van der Waals surface area contributed by atoms with Crippen molar-refractivity contribution < 1.29 is 14.6 Å². The van der Waals surface area contributed by atoms with Gasteiger partial charge in [-0.15, -0.1) is 0 Å². The molecule has 0 saturated carbocycles. The molecule has 18 heavy (non-hydrogen) atoms. The van der Waals surface area contributed by atoms with Gasteiger partial charge < -0.3 is 14.6 Å². The number of aryl methyl sites for hydroxylation is 1. The van der Waals surface area contributed by atoms with E-state index in [1.54, 1.807) is 19.1 Å². The highest BCUT2D eigenvalue weighted by Crippen LogP contribution is 2.29. The summed E-state index contributed by atoms with van der Waals surface area (Å²) in [5, 5.41) is 19.9. The molecule has 0 aliphatic carbocycles. The van der Waals surface area contributed by atoms with Gasteiger partial charge in [0.2, 0.25) is 5.43 Å². The quantitative estimate of drug-likeness (QED) is 0.594. The lowest BCUT2D eigenvalue weighted by Gasteiger charge is -2.06. The van der Waals surface area contributed by atoms with E-state index in [1.807, 2.05) is 0 Å². The number of phenols is 2. The second kappa shape index (κ2) is 3.50. The molecule has 0 spiro atoms. The lowest BCUT2D eigenvalue weighted by Crippen LogP contribution is -2.03. The number of hydrogen-bond acceptors (Lipinski definition) is 4. The Morgan fingerprint density at radius 2 is 1.83 bits per heavy atom. The van der Waals surface area contributed by atoms with Crippen molar-refractivity contribution in [2.24, 2.45) is 0 Å². The van der Waals surface area contributed by atoms with E-state index in [0.29, 0.717) is 22.1 Å². The van der Waals surface area contributed by atoms with E-state index < -0.39 is 0 Å². The van der Waals surface area contributed by atoms with E-state index in [-0.39, 0.29) is 22.3 Å². The summed E-state index contributed by atoms with van der Waals surface area (Å²) in [6.07, 6.45) is 0. The van der Waals surface area contributed by atoms with Gasteiger partial charge in [0.15, 0.2) is 0 Å². The van der Waals surface area contributed by atoms with Crippen molar-refractivity contribution in [2.75, 3.05) is 0 Å². The monoisotopic (exact) mass is 242 g/mol. The minimum Gasteiger partial charge on any atom is -0.508 e. The van der Waals surface area contributed by atoms with Crippen LogP contribution in [-0.4, -0.2) is 10.2 Å². The van der Waals surface area contributed by atoms with Gasteiger partial charge in [-0.05, 0) is 31.2 Å². The molecule has 1 heterocycles. The molecule has 0 saturated heterocycles. The molecule has 0 bridgehead atoms. The molecule has 4 heteroatoms. The summed E-state index contributed by atoms with van der Waals surface area (Å²) in [5.74, 6) is -0.0287. The van der Waals surface area contributed by atoms with E-state index in [2.05, 4.69) is 0 Å². The minimum absolute atomic E-state index is 0.0742. The van der Waals surface area contributed by atoms with Crippen LogP contribution in [-0.2, 0) is 0 Å². The van der Waals surface area contributed by atoms with Gasteiger partial charge in [-0.2, -0.15) is 0 Å². The molecular formula is C14H10O4. The summed E-state index contributed by atoms with van der Waals surface area (Å²) >= 11 is 0. The normalized spacial score (nSPS) is 11.2. The second-order valence-electron chi connectivity index (χ2n) is 4.17. The molecule has 0 atom stereocenters. The molecule has 2 aromatic carbocycles. The number of phenolic OH excluding ortho intramolecular Hbond substituents is 2. The van der Waals surface area contributed by atoms with E-state index in [0.717, 1.165) is 0 Å². The van der Waals surface area contributed by atoms with Crippen LogP contribution in [0, 0.1) is 6.92 Å². The van der Waals surface area contributed by atoms with Crippen molar-refractivity contribution in [3.63, 3.8) is 0 Å². The average Bonchev–Trinajstić information content (AvgIpc) is 2.34. The van der Waals surface area contributed by atoms with Gasteiger partial charge in [-0.3, -0.25) is 4.79 Å². The molecule has 0 radical (unpaired) electrons. The van der Waals surface area contributed by atoms with E-state index in [9.17, 15) is 15.0 Å². The zero-order valence-corrected chi connectivity index (χ0v) is 9.60. The molecule has 0 unspecified atom stereocenters. The molecule has 3 aromatic rings. The predicted molar refractivity (Wildman–Crippen MR) is 68.1 cm³/mol. The Kier molecular flexibility index (Phi) is 2.07. The van der Waals surface area contributed by atoms with Crippen molar-refractivity contribution in [3.05, 3.63) is 46.1 Å². The highest BCUT2D eigenvalue weighted by Gasteiger charge is 2.13. The highest BCUT2D eigenvalue weighted by molar-refractivity contribution is 5.94. The lowest BCUT2D eigenvalue weighted by molar-refractivity contribution is 0.470. The van der Waals surface area contributed by atoms with Crippen LogP contribution in [0.15, 0.2) is 39.5 Å². The zero-order chi connectivity index (χ0) is 12.9. The van der Waals surface area contributed by atoms with Gasteiger partial charge in [0.1, 0.15) is 28.1 Å². The molecular weight excluding hydrogens is 232 g/mol. The third-order valence-electron chi connectivity index (χ3n) is 3.07. The molecule has 0 aliphatic rings. The molecule has 0 amide bonds. The fourth-order valence-electron chi connectivity index (χ4n) is 2.07. The summed E-state index contributed by atoms with van der Waals surface area (Å²) < 4.78 is 5.60. The number of benzene rings is 2. The maximum absolute atomic E-state index is 12.3. The Hall–Kier alpha value is -2.49. The van der Waals surface area contributed by atoms with Crippen LogP contribution < -0.4 is 5.43 Å². The predicted octanol–water partition coefficient (Wildman–Crippen LogP) is 2.67. The first-order valence-electron chi connectivity index (χ1n) is 5.46. The molecule has 3 rings (SSSR count). The first-order valence-corrected chi connectivity index (χ1v) is 5.46. The maximum Gasteiger partial charge on any atom is 0.204 e. The fraction of sp³-hybridized carbons (Fsp3) is 0.0714. The fourth-order valence-corrected chi connectivity index (χ4v) is 2.07. The topological polar surface area (TPSA) is 70.7 Å². The van der Waals surface area contributed by atoms with Crippen molar-refractivity contribution >= 4 is 21.9 Å². The van der Waals surface area contributed by atoms with Gasteiger partial charge >= 0.3 is 0 Å². The van der Waals surface area contributed by atoms with Crippen LogP contribution in [0.3, 0.4) is 0 Å². The van der Waals surface area contributed by atoms with Gasteiger partial charge in [-0.25, -0.2) is 0 Å². The third-order valence-corrected chi connectivity index (χ3v) is 3.07. The number of rotatable bonds is 0. The highest BCUT2D eigenvalue weighted by atomic mass is 16.3. The zero-order valence-electron chi connectivity index (χ0n) is 9.60. The summed E-state index contributed by atoms with van der Waals surface area (Å²) in [5.41, 5.74) is 0.863. The van der Waals surface area contributed by atoms with Crippen LogP contribution in [0.25, 0.3) is 21.9 Å². The van der Waals surface area contributed by atoms with Crippen molar-refractivity contribution in [1.82, 2.24) is 0 Å². The van der Waals surface area contributed by atoms with Crippen LogP contribution in [0.2, 0.25) is 0 Å². The first-order chi connectivity index (χ1) is 8.59. The number of hydrogen-bond donors (Lipinski definition) is 2. The Morgan fingerprint density at radius 3 is 2.61 bits per heavy atom. The Labute approximate surface area is 102 Å². The Bertz CT molecular complexity index is 830. The van der Waals surface area contributed by atoms with Gasteiger partial charge in [0.05, 0.1) is 5.39 Å². The van der Waals surface area contributed by atoms with Crippen molar-refractivity contribution in [3.8, 4) is 11.5 Å². The first kappa shape index (κ1) is 10.7. The lowest BCUT2D eigenvalue weighted by atomic mass is 10.1. The van der Waals surface area contributed by atoms with E-state index in [1.165, 1.54) is 18.2 Å². The summed E-state index contributed by atoms with van der Waals surface area (Å²) in [6, 6.07) is 7.60. The Balaban J connectivity index is 2.66. The van der Waals surface area contributed by atoms with Gasteiger partial charge in [0, 0.05) is 5.56 Å². The van der Waals surface area contributed by atoms with E-state index in [4.69, 9.17) is 4.42 Å². The number of aromatic hydroxyl groups is 2. The summed E-state index contributed by atoms with van der Waals surface area (Å²) in [4.78, 5) is 12.3. The van der Waals surface area contributed by atoms with Crippen LogP contribution in [0.5, 0.6) is 11.5 Å². The molecule has 0 aliphatic heterocycles. The minimum atomic E-state index is -0.299. The van der Waals surface area contributed by atoms with Crippen LogP contribution in [0.4, 0.5) is 0 Å². The second-order valence-corrected chi connectivity index (χ2v) is 4.17. The Morgan fingerprint density at radius 1 is 1.06 bits per heavy atom. The van der Waals surface area contributed by atoms with Gasteiger partial charge in [0.25, 0.3) is 0 Å². The standard InChI is InChI=1S/C14H10O4/c1-7-9(15)6-5-8-13(17)12-10(16)3-2-4-11(12)18-14(7)8/h2-6,15-16H,1H3. The van der Waals surface area contributed by atoms with E-state index >= 15 is 0 Å². The smallest absolute Gasteiger partial charge is 0.204 e. The van der Waals surface area contributed by atoms with Crippen LogP contribution >= 0.6 is 0 Å². The average molecular weight is 242 g/mol. The molecule has 4 nitrogen and oxygen atoms in total. The molecule has 2 N–H and O–H groups in total. The molecule has 90 valence electrons.